The second-order valence-corrected chi connectivity index (χ2v) is 5.51. The first-order chi connectivity index (χ1) is 6.14. The Balaban J connectivity index is 1.89. The van der Waals surface area contributed by atoms with Crippen molar-refractivity contribution in [1.82, 2.24) is 0 Å². The van der Waals surface area contributed by atoms with Gasteiger partial charge in [0.15, 0.2) is 0 Å². The molecular formula is C11H19NO. The molecule has 3 aliphatic carbocycles. The minimum Gasteiger partial charge on any atom is -0.388 e. The molecule has 0 saturated heterocycles. The Kier molecular flexibility index (Phi) is 1.45. The summed E-state index contributed by atoms with van der Waals surface area (Å²) < 4.78 is 0. The van der Waals surface area contributed by atoms with Gasteiger partial charge in [0, 0.05) is 5.54 Å². The first-order valence-corrected chi connectivity index (χ1v) is 5.65. The highest BCUT2D eigenvalue weighted by Crippen LogP contribution is 2.58. The number of hydrogen-bond acceptors (Lipinski definition) is 2. The first kappa shape index (κ1) is 8.25. The maximum absolute atomic E-state index is 10.6. The molecule has 3 aliphatic rings. The standard InChI is InChI=1S/C11H19NO/c12-10(4-1-5-10)11(13)7-8-2-3-9(11)6-8/h8-9,13H,1-7,12H2. The Morgan fingerprint density at radius 2 is 2.00 bits per heavy atom. The van der Waals surface area contributed by atoms with Crippen LogP contribution in [-0.4, -0.2) is 16.2 Å². The summed E-state index contributed by atoms with van der Waals surface area (Å²) in [5.41, 5.74) is 5.60. The van der Waals surface area contributed by atoms with Gasteiger partial charge in [0.05, 0.1) is 5.60 Å². The molecule has 0 aromatic heterocycles. The fourth-order valence-electron chi connectivity index (χ4n) is 3.90. The maximum Gasteiger partial charge on any atom is 0.0857 e. The van der Waals surface area contributed by atoms with Gasteiger partial charge < -0.3 is 10.8 Å². The van der Waals surface area contributed by atoms with Crippen LogP contribution in [-0.2, 0) is 0 Å². The van der Waals surface area contributed by atoms with Crippen molar-refractivity contribution >= 4 is 0 Å². The van der Waals surface area contributed by atoms with Gasteiger partial charge in [-0.3, -0.25) is 0 Å². The summed E-state index contributed by atoms with van der Waals surface area (Å²) in [7, 11) is 0. The Bertz CT molecular complexity index is 236. The Morgan fingerprint density at radius 3 is 2.38 bits per heavy atom. The molecule has 0 radical (unpaired) electrons. The molecule has 13 heavy (non-hydrogen) atoms. The van der Waals surface area contributed by atoms with Crippen molar-refractivity contribution in [1.29, 1.82) is 0 Å². The average Bonchev–Trinajstić information content (AvgIpc) is 2.59. The molecule has 0 spiro atoms. The van der Waals surface area contributed by atoms with Gasteiger partial charge in [-0.05, 0) is 56.8 Å². The Labute approximate surface area is 79.5 Å². The van der Waals surface area contributed by atoms with Gasteiger partial charge in [0.1, 0.15) is 0 Å². The molecule has 0 aromatic carbocycles. The number of aliphatic hydroxyl groups is 1. The zero-order valence-electron chi connectivity index (χ0n) is 8.13. The highest BCUT2D eigenvalue weighted by atomic mass is 16.3. The second kappa shape index (κ2) is 2.29. The molecule has 0 aliphatic heterocycles. The molecule has 0 amide bonds. The summed E-state index contributed by atoms with van der Waals surface area (Å²) in [6.07, 6.45) is 8.11. The van der Waals surface area contributed by atoms with E-state index in [2.05, 4.69) is 0 Å². The fraction of sp³-hybridized carbons (Fsp3) is 1.00. The Hall–Kier alpha value is -0.0800. The van der Waals surface area contributed by atoms with Crippen molar-refractivity contribution in [2.24, 2.45) is 17.6 Å². The van der Waals surface area contributed by atoms with Crippen LogP contribution >= 0.6 is 0 Å². The highest BCUT2D eigenvalue weighted by Gasteiger charge is 2.61. The van der Waals surface area contributed by atoms with Crippen LogP contribution in [0.3, 0.4) is 0 Å². The van der Waals surface area contributed by atoms with Crippen LogP contribution in [0.1, 0.15) is 44.9 Å². The van der Waals surface area contributed by atoms with E-state index >= 15 is 0 Å². The summed E-state index contributed by atoms with van der Waals surface area (Å²) in [5.74, 6) is 1.32. The summed E-state index contributed by atoms with van der Waals surface area (Å²) in [6, 6.07) is 0. The lowest BCUT2D eigenvalue weighted by molar-refractivity contribution is -0.108. The van der Waals surface area contributed by atoms with Gasteiger partial charge in [0.2, 0.25) is 0 Å². The molecule has 3 rings (SSSR count). The Morgan fingerprint density at radius 1 is 1.23 bits per heavy atom. The van der Waals surface area contributed by atoms with Crippen molar-refractivity contribution < 1.29 is 5.11 Å². The van der Waals surface area contributed by atoms with Gasteiger partial charge >= 0.3 is 0 Å². The van der Waals surface area contributed by atoms with Crippen molar-refractivity contribution in [3.8, 4) is 0 Å². The molecule has 0 aromatic rings. The first-order valence-electron chi connectivity index (χ1n) is 5.65. The molecule has 3 atom stereocenters. The lowest BCUT2D eigenvalue weighted by atomic mass is 9.60. The largest absolute Gasteiger partial charge is 0.388 e. The van der Waals surface area contributed by atoms with Crippen molar-refractivity contribution in [3.63, 3.8) is 0 Å². The van der Waals surface area contributed by atoms with Crippen LogP contribution in [0.15, 0.2) is 0 Å². The maximum atomic E-state index is 10.6. The van der Waals surface area contributed by atoms with Crippen LogP contribution in [0.4, 0.5) is 0 Å². The van der Waals surface area contributed by atoms with Crippen LogP contribution in [0.2, 0.25) is 0 Å². The predicted molar refractivity (Wildman–Crippen MR) is 51.2 cm³/mol. The van der Waals surface area contributed by atoms with E-state index in [9.17, 15) is 5.11 Å². The van der Waals surface area contributed by atoms with Gasteiger partial charge in [-0.2, -0.15) is 0 Å². The number of rotatable bonds is 1. The van der Waals surface area contributed by atoms with Crippen molar-refractivity contribution in [2.45, 2.75) is 56.1 Å². The van der Waals surface area contributed by atoms with Crippen LogP contribution < -0.4 is 5.73 Å². The third-order valence-electron chi connectivity index (χ3n) is 4.92. The van der Waals surface area contributed by atoms with Gasteiger partial charge in [-0.1, -0.05) is 0 Å². The van der Waals surface area contributed by atoms with E-state index in [-0.39, 0.29) is 5.54 Å². The monoisotopic (exact) mass is 181 g/mol. The molecule has 2 nitrogen and oxygen atoms in total. The SMILES string of the molecule is NC1(C2(O)CC3CCC2C3)CCC1. The second-order valence-electron chi connectivity index (χ2n) is 5.51. The fourth-order valence-corrected chi connectivity index (χ4v) is 3.90. The minimum atomic E-state index is -0.478. The summed E-state index contributed by atoms with van der Waals surface area (Å²) >= 11 is 0. The minimum absolute atomic E-state index is 0.202. The predicted octanol–water partition coefficient (Wildman–Crippen LogP) is 1.42. The van der Waals surface area contributed by atoms with E-state index in [4.69, 9.17) is 5.73 Å². The quantitative estimate of drug-likeness (QED) is 0.642. The lowest BCUT2D eigenvalue weighted by Crippen LogP contribution is -2.66. The molecule has 3 unspecified atom stereocenters. The summed E-state index contributed by atoms with van der Waals surface area (Å²) in [5, 5.41) is 10.6. The van der Waals surface area contributed by atoms with Crippen molar-refractivity contribution in [3.05, 3.63) is 0 Å². The summed E-state index contributed by atoms with van der Waals surface area (Å²) in [6.45, 7) is 0. The van der Waals surface area contributed by atoms with Crippen LogP contribution in [0, 0.1) is 11.8 Å². The van der Waals surface area contributed by atoms with E-state index in [0.29, 0.717) is 5.92 Å². The molecule has 3 N–H and O–H groups in total. The third-order valence-corrected chi connectivity index (χ3v) is 4.92. The molecule has 0 heterocycles. The van der Waals surface area contributed by atoms with E-state index < -0.39 is 5.60 Å². The smallest absolute Gasteiger partial charge is 0.0857 e. The van der Waals surface area contributed by atoms with E-state index in [1.165, 1.54) is 25.7 Å². The van der Waals surface area contributed by atoms with Gasteiger partial charge in [-0.25, -0.2) is 0 Å². The molecule has 74 valence electrons. The third kappa shape index (κ3) is 0.861. The normalized spacial score (nSPS) is 52.2. The van der Waals surface area contributed by atoms with E-state index in [1.807, 2.05) is 0 Å². The molecule has 3 fully saturated rings. The topological polar surface area (TPSA) is 46.2 Å². The van der Waals surface area contributed by atoms with Gasteiger partial charge in [-0.15, -0.1) is 0 Å². The average molecular weight is 181 g/mol. The van der Waals surface area contributed by atoms with Crippen molar-refractivity contribution in [2.75, 3.05) is 0 Å². The molecule has 2 heteroatoms. The highest BCUT2D eigenvalue weighted by molar-refractivity contribution is 5.16. The summed E-state index contributed by atoms with van der Waals surface area (Å²) in [4.78, 5) is 0. The zero-order valence-corrected chi connectivity index (χ0v) is 8.13. The molecule has 3 saturated carbocycles. The van der Waals surface area contributed by atoms with Crippen LogP contribution in [0.5, 0.6) is 0 Å². The molecule has 2 bridgehead atoms. The van der Waals surface area contributed by atoms with Gasteiger partial charge in [0.25, 0.3) is 0 Å². The van der Waals surface area contributed by atoms with Crippen LogP contribution in [0.25, 0.3) is 0 Å². The lowest BCUT2D eigenvalue weighted by Gasteiger charge is -2.53. The van der Waals surface area contributed by atoms with E-state index in [0.717, 1.165) is 25.2 Å². The zero-order chi connectivity index (χ0) is 9.10. The number of hydrogen-bond donors (Lipinski definition) is 2. The van der Waals surface area contributed by atoms with E-state index in [1.54, 1.807) is 0 Å². The number of fused-ring (bicyclic) bond motifs is 2. The molecular weight excluding hydrogens is 162 g/mol. The number of nitrogens with two attached hydrogens (primary N) is 1.